The number of aliphatic hydroxyl groups excluding tert-OH is 2. The van der Waals surface area contributed by atoms with E-state index in [1.54, 1.807) is 16.7 Å². The van der Waals surface area contributed by atoms with E-state index < -0.39 is 6.10 Å². The molecule has 1 amide bonds. The smallest absolute Gasteiger partial charge is 0.233 e. The molecule has 0 aliphatic carbocycles. The van der Waals surface area contributed by atoms with Crippen molar-refractivity contribution >= 4 is 28.6 Å². The van der Waals surface area contributed by atoms with Crippen molar-refractivity contribution in [1.29, 1.82) is 0 Å². The van der Waals surface area contributed by atoms with Crippen LogP contribution in [0.25, 0.3) is 10.9 Å². The van der Waals surface area contributed by atoms with Gasteiger partial charge in [0, 0.05) is 54.2 Å². The Labute approximate surface area is 146 Å². The number of fused-ring (bicyclic) bond motifs is 1. The van der Waals surface area contributed by atoms with Crippen LogP contribution in [0.2, 0.25) is 0 Å². The first kappa shape index (κ1) is 17.3. The second-order valence-electron chi connectivity index (χ2n) is 6.22. The first-order valence-corrected chi connectivity index (χ1v) is 9.40. The number of para-hydroxylation sites is 1. The minimum absolute atomic E-state index is 0.0194. The second kappa shape index (κ2) is 7.59. The van der Waals surface area contributed by atoms with Gasteiger partial charge in [-0.2, -0.15) is 0 Å². The highest BCUT2D eigenvalue weighted by Crippen LogP contribution is 2.30. The number of thioether (sulfide) groups is 1. The minimum atomic E-state index is -0.625. The first-order valence-electron chi connectivity index (χ1n) is 8.41. The molecule has 2 atom stereocenters. The molecule has 1 fully saturated rings. The lowest BCUT2D eigenvalue weighted by Gasteiger charge is -2.35. The highest BCUT2D eigenvalue weighted by molar-refractivity contribution is 8.00. The molecule has 5 nitrogen and oxygen atoms in total. The quantitative estimate of drug-likeness (QED) is 0.811. The van der Waals surface area contributed by atoms with Gasteiger partial charge in [0.15, 0.2) is 0 Å². The van der Waals surface area contributed by atoms with Gasteiger partial charge in [0.05, 0.1) is 11.9 Å². The Kier molecular flexibility index (Phi) is 5.48. The van der Waals surface area contributed by atoms with Gasteiger partial charge in [-0.1, -0.05) is 18.2 Å². The molecule has 6 heteroatoms. The summed E-state index contributed by atoms with van der Waals surface area (Å²) in [6, 6.07) is 8.23. The van der Waals surface area contributed by atoms with E-state index in [1.807, 2.05) is 12.1 Å². The third-order valence-corrected chi connectivity index (χ3v) is 5.78. The number of rotatable bonds is 5. The monoisotopic (exact) mass is 348 g/mol. The van der Waals surface area contributed by atoms with Gasteiger partial charge in [0.2, 0.25) is 5.91 Å². The fraction of sp³-hybridized carbons (Fsp3) is 0.500. The minimum Gasteiger partial charge on any atom is -0.396 e. The molecule has 24 heavy (non-hydrogen) atoms. The molecule has 1 aliphatic rings. The fourth-order valence-corrected chi connectivity index (χ4v) is 4.23. The van der Waals surface area contributed by atoms with Gasteiger partial charge < -0.3 is 19.7 Å². The number of benzene rings is 1. The summed E-state index contributed by atoms with van der Waals surface area (Å²) in [5.41, 5.74) is 1.19. The van der Waals surface area contributed by atoms with Crippen molar-refractivity contribution in [3.05, 3.63) is 30.5 Å². The standard InChI is InChI=1S/C18H24N2O3S/c1-2-19-10-17(14-5-3-4-6-15(14)19)24-12-18(23)20-8-7-13(11-21)16(22)9-20/h3-6,10,13,16,21-22H,2,7-9,11-12H2,1H3/t13-,16+/m1/s1. The van der Waals surface area contributed by atoms with Crippen molar-refractivity contribution in [2.24, 2.45) is 5.92 Å². The van der Waals surface area contributed by atoms with E-state index >= 15 is 0 Å². The highest BCUT2D eigenvalue weighted by atomic mass is 32.2. The van der Waals surface area contributed by atoms with Crippen molar-refractivity contribution in [2.45, 2.75) is 30.9 Å². The number of aromatic nitrogens is 1. The Balaban J connectivity index is 1.65. The number of piperidine rings is 1. The average molecular weight is 348 g/mol. The van der Waals surface area contributed by atoms with E-state index in [1.165, 1.54) is 10.9 Å². The van der Waals surface area contributed by atoms with Crippen LogP contribution in [0.4, 0.5) is 0 Å². The van der Waals surface area contributed by atoms with E-state index in [9.17, 15) is 15.0 Å². The van der Waals surface area contributed by atoms with Crippen molar-refractivity contribution < 1.29 is 15.0 Å². The summed E-state index contributed by atoms with van der Waals surface area (Å²) in [7, 11) is 0. The molecule has 1 aromatic heterocycles. The molecule has 0 unspecified atom stereocenters. The van der Waals surface area contributed by atoms with Crippen molar-refractivity contribution in [2.75, 3.05) is 25.4 Å². The maximum absolute atomic E-state index is 12.4. The molecular formula is C18H24N2O3S. The van der Waals surface area contributed by atoms with Crippen LogP contribution in [-0.2, 0) is 11.3 Å². The van der Waals surface area contributed by atoms with Gasteiger partial charge in [0.25, 0.3) is 0 Å². The molecule has 2 heterocycles. The van der Waals surface area contributed by atoms with Gasteiger partial charge in [-0.05, 0) is 19.4 Å². The molecule has 1 saturated heterocycles. The molecule has 0 saturated carbocycles. The molecule has 2 aromatic rings. The Hall–Kier alpha value is -1.50. The number of amides is 1. The fourth-order valence-electron chi connectivity index (χ4n) is 3.24. The number of β-amino-alcohol motifs (C(OH)–C–C–N with tert-alkyl or cyclic N) is 1. The zero-order valence-corrected chi connectivity index (χ0v) is 14.7. The van der Waals surface area contributed by atoms with Gasteiger partial charge in [-0.3, -0.25) is 4.79 Å². The van der Waals surface area contributed by atoms with Gasteiger partial charge >= 0.3 is 0 Å². The number of likely N-dealkylation sites (tertiary alicyclic amines) is 1. The predicted octanol–water partition coefficient (Wildman–Crippen LogP) is 1.96. The summed E-state index contributed by atoms with van der Waals surface area (Å²) in [6.45, 7) is 3.92. The highest BCUT2D eigenvalue weighted by Gasteiger charge is 2.29. The Bertz CT molecular complexity index is 715. The summed E-state index contributed by atoms with van der Waals surface area (Å²) in [5.74, 6) is 0.307. The Morgan fingerprint density at radius 2 is 2.17 bits per heavy atom. The maximum atomic E-state index is 12.4. The first-order chi connectivity index (χ1) is 11.6. The van der Waals surface area contributed by atoms with Crippen LogP contribution in [0, 0.1) is 5.92 Å². The van der Waals surface area contributed by atoms with Crippen molar-refractivity contribution in [3.63, 3.8) is 0 Å². The van der Waals surface area contributed by atoms with Crippen LogP contribution in [0.15, 0.2) is 35.4 Å². The van der Waals surface area contributed by atoms with Crippen molar-refractivity contribution in [3.8, 4) is 0 Å². The van der Waals surface area contributed by atoms with Gasteiger partial charge in [0.1, 0.15) is 0 Å². The van der Waals surface area contributed by atoms with Crippen molar-refractivity contribution in [1.82, 2.24) is 9.47 Å². The summed E-state index contributed by atoms with van der Waals surface area (Å²) in [4.78, 5) is 15.3. The largest absolute Gasteiger partial charge is 0.396 e. The predicted molar refractivity (Wildman–Crippen MR) is 96.1 cm³/mol. The van der Waals surface area contributed by atoms with Crippen LogP contribution in [0.5, 0.6) is 0 Å². The third kappa shape index (κ3) is 3.45. The molecular weight excluding hydrogens is 324 g/mol. The van der Waals surface area contributed by atoms with Crippen LogP contribution in [0.1, 0.15) is 13.3 Å². The van der Waals surface area contributed by atoms with Crippen LogP contribution >= 0.6 is 11.8 Å². The topological polar surface area (TPSA) is 65.7 Å². The number of nitrogens with zero attached hydrogens (tertiary/aromatic N) is 2. The summed E-state index contributed by atoms with van der Waals surface area (Å²) in [6.07, 6.45) is 2.14. The van der Waals surface area contributed by atoms with Crippen LogP contribution in [-0.4, -0.2) is 57.1 Å². The molecule has 2 N–H and O–H groups in total. The van der Waals surface area contributed by atoms with Crippen LogP contribution < -0.4 is 0 Å². The molecule has 1 aliphatic heterocycles. The maximum Gasteiger partial charge on any atom is 0.233 e. The van der Waals surface area contributed by atoms with E-state index in [0.717, 1.165) is 11.4 Å². The summed E-state index contributed by atoms with van der Waals surface area (Å²) < 4.78 is 2.19. The number of aryl methyl sites for hydroxylation is 1. The molecule has 3 rings (SSSR count). The Morgan fingerprint density at radius 1 is 1.38 bits per heavy atom. The second-order valence-corrected chi connectivity index (χ2v) is 7.24. The van der Waals surface area contributed by atoms with Gasteiger partial charge in [-0.25, -0.2) is 0 Å². The third-order valence-electron chi connectivity index (χ3n) is 4.75. The molecule has 0 spiro atoms. The number of hydrogen-bond acceptors (Lipinski definition) is 4. The number of carbonyl (C=O) groups is 1. The van der Waals surface area contributed by atoms with Crippen LogP contribution in [0.3, 0.4) is 0 Å². The summed E-state index contributed by atoms with van der Waals surface area (Å²) >= 11 is 1.55. The number of aliphatic hydroxyl groups is 2. The molecule has 130 valence electrons. The lowest BCUT2D eigenvalue weighted by Crippen LogP contribution is -2.48. The van der Waals surface area contributed by atoms with Gasteiger partial charge in [-0.15, -0.1) is 11.8 Å². The SMILES string of the molecule is CCn1cc(SCC(=O)N2CC[C@H](CO)[C@@H](O)C2)c2ccccc21. The number of carbonyl (C=O) groups excluding carboxylic acids is 1. The number of hydrogen-bond donors (Lipinski definition) is 2. The van der Waals surface area contributed by atoms with E-state index in [-0.39, 0.29) is 18.4 Å². The summed E-state index contributed by atoms with van der Waals surface area (Å²) in [5, 5.41) is 20.4. The van der Waals surface area contributed by atoms with E-state index in [0.29, 0.717) is 25.3 Å². The molecule has 0 bridgehead atoms. The lowest BCUT2D eigenvalue weighted by molar-refractivity contribution is -0.133. The van der Waals surface area contributed by atoms with E-state index in [4.69, 9.17) is 0 Å². The molecule has 0 radical (unpaired) electrons. The zero-order chi connectivity index (χ0) is 17.1. The normalized spacial score (nSPS) is 21.4. The average Bonchev–Trinajstić information content (AvgIpc) is 2.97. The Morgan fingerprint density at radius 3 is 2.88 bits per heavy atom. The van der Waals surface area contributed by atoms with E-state index in [2.05, 4.69) is 29.8 Å². The zero-order valence-electron chi connectivity index (χ0n) is 13.9. The molecule has 1 aromatic carbocycles. The lowest BCUT2D eigenvalue weighted by atomic mass is 9.95.